The zero-order chi connectivity index (χ0) is 8.43. The van der Waals surface area contributed by atoms with Gasteiger partial charge in [-0.05, 0) is 19.9 Å². The third-order valence-electron chi connectivity index (χ3n) is 1.54. The number of hydrogen-bond donors (Lipinski definition) is 1. The van der Waals surface area contributed by atoms with Crippen LogP contribution in [0.2, 0.25) is 0 Å². The first-order valence-electron chi connectivity index (χ1n) is 3.41. The molecule has 0 fully saturated rings. The fourth-order valence-corrected chi connectivity index (χ4v) is 0.946. The lowest BCUT2D eigenvalue weighted by Gasteiger charge is -2.06. The summed E-state index contributed by atoms with van der Waals surface area (Å²) < 4.78 is 12.5. The Balaban J connectivity index is 3.13. The number of rotatable bonds is 1. The molecule has 60 valence electrons. The Kier molecular flexibility index (Phi) is 2.19. The highest BCUT2D eigenvalue weighted by molar-refractivity contribution is 5.21. The van der Waals surface area contributed by atoms with Crippen molar-refractivity contribution in [2.75, 3.05) is 0 Å². The lowest BCUT2D eigenvalue weighted by Crippen LogP contribution is -1.98. The van der Waals surface area contributed by atoms with E-state index in [4.69, 9.17) is 5.11 Å². The number of hydrogen-bond acceptors (Lipinski definition) is 2. The largest absolute Gasteiger partial charge is 0.389 e. The molecule has 0 aliphatic rings. The van der Waals surface area contributed by atoms with E-state index < -0.39 is 11.9 Å². The maximum absolute atomic E-state index is 12.5. The fourth-order valence-electron chi connectivity index (χ4n) is 0.946. The van der Waals surface area contributed by atoms with Gasteiger partial charge in [0.25, 0.3) is 0 Å². The van der Waals surface area contributed by atoms with Gasteiger partial charge in [0.15, 0.2) is 0 Å². The van der Waals surface area contributed by atoms with Gasteiger partial charge in [-0.15, -0.1) is 0 Å². The maximum Gasteiger partial charge on any atom is 0.141 e. The SMILES string of the molecule is Cc1ncc(F)cc1[C@@H](C)O. The van der Waals surface area contributed by atoms with Gasteiger partial charge >= 0.3 is 0 Å². The Bertz CT molecular complexity index is 260. The van der Waals surface area contributed by atoms with Crippen LogP contribution >= 0.6 is 0 Å². The molecule has 0 radical (unpaired) electrons. The van der Waals surface area contributed by atoms with Crippen LogP contribution in [0.1, 0.15) is 24.3 Å². The van der Waals surface area contributed by atoms with Gasteiger partial charge in [-0.3, -0.25) is 4.98 Å². The van der Waals surface area contributed by atoms with E-state index in [-0.39, 0.29) is 0 Å². The zero-order valence-electron chi connectivity index (χ0n) is 6.50. The van der Waals surface area contributed by atoms with Crippen molar-refractivity contribution in [3.8, 4) is 0 Å². The molecule has 1 rings (SSSR count). The predicted molar refractivity (Wildman–Crippen MR) is 39.6 cm³/mol. The van der Waals surface area contributed by atoms with Gasteiger partial charge in [-0.2, -0.15) is 0 Å². The van der Waals surface area contributed by atoms with Crippen LogP contribution in [0.5, 0.6) is 0 Å². The summed E-state index contributed by atoms with van der Waals surface area (Å²) in [6.07, 6.45) is 0.486. The van der Waals surface area contributed by atoms with Crippen molar-refractivity contribution in [1.82, 2.24) is 4.98 Å². The Morgan fingerprint density at radius 3 is 2.73 bits per heavy atom. The van der Waals surface area contributed by atoms with Crippen LogP contribution in [0.4, 0.5) is 4.39 Å². The van der Waals surface area contributed by atoms with E-state index in [9.17, 15) is 4.39 Å². The molecule has 1 atom stereocenters. The van der Waals surface area contributed by atoms with Crippen LogP contribution in [0.15, 0.2) is 12.3 Å². The Morgan fingerprint density at radius 1 is 1.64 bits per heavy atom. The van der Waals surface area contributed by atoms with Gasteiger partial charge in [0.05, 0.1) is 12.3 Å². The monoisotopic (exact) mass is 155 g/mol. The van der Waals surface area contributed by atoms with E-state index in [1.54, 1.807) is 13.8 Å². The van der Waals surface area contributed by atoms with Gasteiger partial charge in [0.2, 0.25) is 0 Å². The van der Waals surface area contributed by atoms with E-state index in [0.29, 0.717) is 11.3 Å². The average molecular weight is 155 g/mol. The van der Waals surface area contributed by atoms with Gasteiger partial charge in [-0.1, -0.05) is 0 Å². The molecule has 0 saturated carbocycles. The van der Waals surface area contributed by atoms with Crippen LogP contribution in [-0.2, 0) is 0 Å². The third kappa shape index (κ3) is 1.74. The summed E-state index contributed by atoms with van der Waals surface area (Å²) in [5.41, 5.74) is 1.21. The number of aryl methyl sites for hydroxylation is 1. The molecule has 0 unspecified atom stereocenters. The van der Waals surface area contributed by atoms with Crippen LogP contribution < -0.4 is 0 Å². The van der Waals surface area contributed by atoms with E-state index in [1.807, 2.05) is 0 Å². The van der Waals surface area contributed by atoms with Gasteiger partial charge in [-0.25, -0.2) is 4.39 Å². The predicted octanol–water partition coefficient (Wildman–Crippen LogP) is 1.58. The molecule has 2 nitrogen and oxygen atoms in total. The minimum Gasteiger partial charge on any atom is -0.389 e. The van der Waals surface area contributed by atoms with E-state index in [0.717, 1.165) is 6.20 Å². The van der Waals surface area contributed by atoms with Crippen molar-refractivity contribution >= 4 is 0 Å². The summed E-state index contributed by atoms with van der Waals surface area (Å²) in [6.45, 7) is 3.32. The number of pyridine rings is 1. The summed E-state index contributed by atoms with van der Waals surface area (Å²) in [6, 6.07) is 1.30. The average Bonchev–Trinajstić information content (AvgIpc) is 1.94. The van der Waals surface area contributed by atoms with Crippen LogP contribution in [0, 0.1) is 12.7 Å². The quantitative estimate of drug-likeness (QED) is 0.668. The molecule has 1 aromatic heterocycles. The first-order valence-corrected chi connectivity index (χ1v) is 3.41. The second-order valence-corrected chi connectivity index (χ2v) is 2.50. The van der Waals surface area contributed by atoms with Crippen molar-refractivity contribution in [1.29, 1.82) is 0 Å². The van der Waals surface area contributed by atoms with Crippen molar-refractivity contribution in [3.63, 3.8) is 0 Å². The standard InChI is InChI=1S/C8H10FNO/c1-5-8(6(2)11)3-7(9)4-10-5/h3-4,6,11H,1-2H3/t6-/m1/s1. The van der Waals surface area contributed by atoms with E-state index in [2.05, 4.69) is 4.98 Å². The summed E-state index contributed by atoms with van der Waals surface area (Å²) in [7, 11) is 0. The molecule has 0 bridgehead atoms. The molecule has 11 heavy (non-hydrogen) atoms. The van der Waals surface area contributed by atoms with Crippen molar-refractivity contribution in [3.05, 3.63) is 29.3 Å². The third-order valence-corrected chi connectivity index (χ3v) is 1.54. The van der Waals surface area contributed by atoms with Crippen molar-refractivity contribution in [2.24, 2.45) is 0 Å². The molecule has 0 aliphatic carbocycles. The van der Waals surface area contributed by atoms with Crippen LogP contribution in [0.25, 0.3) is 0 Å². The molecule has 0 aliphatic heterocycles. The second-order valence-electron chi connectivity index (χ2n) is 2.50. The number of nitrogens with zero attached hydrogens (tertiary/aromatic N) is 1. The van der Waals surface area contributed by atoms with E-state index >= 15 is 0 Å². The molecular formula is C8H10FNO. The minimum absolute atomic E-state index is 0.411. The van der Waals surface area contributed by atoms with Crippen molar-refractivity contribution in [2.45, 2.75) is 20.0 Å². The summed E-state index contributed by atoms with van der Waals surface area (Å²) in [5, 5.41) is 9.12. The first kappa shape index (κ1) is 8.14. The zero-order valence-corrected chi connectivity index (χ0v) is 6.50. The lowest BCUT2D eigenvalue weighted by molar-refractivity contribution is 0.197. The Labute approximate surface area is 64.7 Å². The molecule has 1 heterocycles. The van der Waals surface area contributed by atoms with Crippen LogP contribution in [-0.4, -0.2) is 10.1 Å². The summed E-state index contributed by atoms with van der Waals surface area (Å²) in [5.74, 6) is -0.411. The van der Waals surface area contributed by atoms with Gasteiger partial charge < -0.3 is 5.11 Å². The highest BCUT2D eigenvalue weighted by atomic mass is 19.1. The molecule has 3 heteroatoms. The van der Waals surface area contributed by atoms with Crippen LogP contribution in [0.3, 0.4) is 0 Å². The fraction of sp³-hybridized carbons (Fsp3) is 0.375. The first-order chi connectivity index (χ1) is 5.11. The number of aliphatic hydroxyl groups is 1. The maximum atomic E-state index is 12.5. The van der Waals surface area contributed by atoms with E-state index in [1.165, 1.54) is 6.07 Å². The molecule has 0 saturated heterocycles. The van der Waals surface area contributed by atoms with Gasteiger partial charge in [0, 0.05) is 11.3 Å². The number of halogens is 1. The molecule has 0 amide bonds. The highest BCUT2D eigenvalue weighted by Gasteiger charge is 2.06. The topological polar surface area (TPSA) is 33.1 Å². The van der Waals surface area contributed by atoms with Gasteiger partial charge in [0.1, 0.15) is 5.82 Å². The smallest absolute Gasteiger partial charge is 0.141 e. The molecule has 0 spiro atoms. The Hall–Kier alpha value is -0.960. The Morgan fingerprint density at radius 2 is 2.27 bits per heavy atom. The molecule has 1 aromatic rings. The molecular weight excluding hydrogens is 145 g/mol. The minimum atomic E-state index is -0.654. The second kappa shape index (κ2) is 2.96. The van der Waals surface area contributed by atoms with Crippen molar-refractivity contribution < 1.29 is 9.50 Å². The number of aliphatic hydroxyl groups excluding tert-OH is 1. The summed E-state index contributed by atoms with van der Waals surface area (Å²) >= 11 is 0. The molecule has 0 aromatic carbocycles. The summed E-state index contributed by atoms with van der Waals surface area (Å²) in [4.78, 5) is 3.76. The normalized spacial score (nSPS) is 13.1. The molecule has 1 N–H and O–H groups in total. The lowest BCUT2D eigenvalue weighted by atomic mass is 10.1. The number of aromatic nitrogens is 1. The highest BCUT2D eigenvalue weighted by Crippen LogP contribution is 2.15.